The second-order valence-corrected chi connectivity index (χ2v) is 4.58. The molecular formula is C13H19NO5. The van der Waals surface area contributed by atoms with Crippen LogP contribution in [0.3, 0.4) is 0 Å². The lowest BCUT2D eigenvalue weighted by molar-refractivity contribution is -0.162. The summed E-state index contributed by atoms with van der Waals surface area (Å²) in [7, 11) is 0. The van der Waals surface area contributed by atoms with E-state index >= 15 is 0 Å². The van der Waals surface area contributed by atoms with E-state index in [0.29, 0.717) is 0 Å². The first-order valence-electron chi connectivity index (χ1n) is 6.49. The summed E-state index contributed by atoms with van der Waals surface area (Å²) in [5, 5.41) is 17.7. The summed E-state index contributed by atoms with van der Waals surface area (Å²) in [5.74, 6) is -3.20. The fourth-order valence-corrected chi connectivity index (χ4v) is 2.07. The van der Waals surface area contributed by atoms with Crippen molar-refractivity contribution in [2.45, 2.75) is 38.7 Å². The molecule has 1 N–H and O–H groups in total. The molecule has 1 rings (SSSR count). The monoisotopic (exact) mass is 269 g/mol. The first-order valence-corrected chi connectivity index (χ1v) is 6.49. The fourth-order valence-electron chi connectivity index (χ4n) is 2.07. The Balaban J connectivity index is 2.39. The van der Waals surface area contributed by atoms with Gasteiger partial charge in [0.2, 0.25) is 0 Å². The highest BCUT2D eigenvalue weighted by molar-refractivity contribution is 5.94. The van der Waals surface area contributed by atoms with Crippen LogP contribution in [0.15, 0.2) is 0 Å². The molecule has 0 aromatic heterocycles. The van der Waals surface area contributed by atoms with Crippen LogP contribution in [0.25, 0.3) is 0 Å². The zero-order chi connectivity index (χ0) is 14.3. The molecule has 0 spiro atoms. The number of carboxylic acids is 1. The molecule has 106 valence electrons. The summed E-state index contributed by atoms with van der Waals surface area (Å²) in [6, 6.07) is 2.22. The van der Waals surface area contributed by atoms with Crippen LogP contribution < -0.4 is 0 Å². The first kappa shape index (κ1) is 15.4. The van der Waals surface area contributed by atoms with E-state index in [-0.39, 0.29) is 25.2 Å². The highest BCUT2D eigenvalue weighted by Gasteiger charge is 2.30. The van der Waals surface area contributed by atoms with Crippen LogP contribution in [0.4, 0.5) is 0 Å². The van der Waals surface area contributed by atoms with Crippen LogP contribution in [0.1, 0.15) is 32.6 Å². The second-order valence-electron chi connectivity index (χ2n) is 4.58. The maximum atomic E-state index is 11.4. The lowest BCUT2D eigenvalue weighted by Crippen LogP contribution is -2.33. The van der Waals surface area contributed by atoms with Crippen molar-refractivity contribution in [3.05, 3.63) is 0 Å². The normalized spacial score (nSPS) is 24.2. The van der Waals surface area contributed by atoms with Crippen molar-refractivity contribution in [3.63, 3.8) is 0 Å². The smallest absolute Gasteiger partial charge is 0.322 e. The SMILES string of the molecule is CCOC(=O)C(COC1CCC(C#N)CC1)C(=O)O. The minimum absolute atomic E-state index is 0.0686. The van der Waals surface area contributed by atoms with E-state index in [2.05, 4.69) is 6.07 Å². The zero-order valence-corrected chi connectivity index (χ0v) is 11.0. The van der Waals surface area contributed by atoms with Gasteiger partial charge in [-0.05, 0) is 32.6 Å². The number of nitriles is 1. The van der Waals surface area contributed by atoms with Gasteiger partial charge in [0.05, 0.1) is 25.4 Å². The molecule has 19 heavy (non-hydrogen) atoms. The first-order chi connectivity index (χ1) is 9.08. The van der Waals surface area contributed by atoms with Crippen molar-refractivity contribution in [2.24, 2.45) is 11.8 Å². The van der Waals surface area contributed by atoms with Crippen molar-refractivity contribution in [3.8, 4) is 6.07 Å². The Kier molecular flexibility index (Phi) is 6.30. The van der Waals surface area contributed by atoms with Gasteiger partial charge in [-0.1, -0.05) is 0 Å². The minimum atomic E-state index is -1.27. The van der Waals surface area contributed by atoms with Crippen molar-refractivity contribution < 1.29 is 24.2 Å². The standard InChI is InChI=1S/C13H19NO5/c1-2-18-13(17)11(12(15)16)8-19-10-5-3-9(7-14)4-6-10/h9-11H,2-6,8H2,1H3,(H,15,16). The molecule has 0 saturated heterocycles. The molecule has 0 bridgehead atoms. The highest BCUT2D eigenvalue weighted by atomic mass is 16.5. The number of carboxylic acid groups (broad SMARTS) is 1. The van der Waals surface area contributed by atoms with Gasteiger partial charge in [-0.3, -0.25) is 9.59 Å². The van der Waals surface area contributed by atoms with E-state index < -0.39 is 17.9 Å². The molecule has 1 fully saturated rings. The summed E-state index contributed by atoms with van der Waals surface area (Å²) < 4.78 is 10.2. The zero-order valence-electron chi connectivity index (χ0n) is 11.0. The van der Waals surface area contributed by atoms with E-state index in [1.807, 2.05) is 0 Å². The third kappa shape index (κ3) is 4.87. The van der Waals surface area contributed by atoms with Gasteiger partial charge in [-0.2, -0.15) is 5.26 Å². The molecule has 1 unspecified atom stereocenters. The Bertz CT molecular complexity index is 355. The van der Waals surface area contributed by atoms with Gasteiger partial charge in [0.15, 0.2) is 5.92 Å². The molecule has 1 atom stereocenters. The van der Waals surface area contributed by atoms with Crippen LogP contribution in [0.5, 0.6) is 0 Å². The van der Waals surface area contributed by atoms with Gasteiger partial charge in [-0.25, -0.2) is 0 Å². The number of aliphatic carboxylic acids is 1. The molecule has 1 saturated carbocycles. The van der Waals surface area contributed by atoms with E-state index in [0.717, 1.165) is 25.7 Å². The Morgan fingerprint density at radius 3 is 2.47 bits per heavy atom. The minimum Gasteiger partial charge on any atom is -0.481 e. The van der Waals surface area contributed by atoms with Crippen LogP contribution in [0.2, 0.25) is 0 Å². The van der Waals surface area contributed by atoms with Crippen LogP contribution in [-0.2, 0) is 19.1 Å². The van der Waals surface area contributed by atoms with E-state index in [9.17, 15) is 9.59 Å². The predicted molar refractivity (Wildman–Crippen MR) is 65.1 cm³/mol. The molecule has 0 heterocycles. The Hall–Kier alpha value is -1.61. The summed E-state index contributed by atoms with van der Waals surface area (Å²) in [6.45, 7) is 1.60. The lowest BCUT2D eigenvalue weighted by Gasteiger charge is -2.25. The van der Waals surface area contributed by atoms with Crippen molar-refractivity contribution >= 4 is 11.9 Å². The van der Waals surface area contributed by atoms with E-state index in [1.54, 1.807) is 6.92 Å². The quantitative estimate of drug-likeness (QED) is 0.577. The third-order valence-electron chi connectivity index (χ3n) is 3.22. The molecule has 0 aliphatic heterocycles. The van der Waals surface area contributed by atoms with Gasteiger partial charge in [0.1, 0.15) is 0 Å². The topological polar surface area (TPSA) is 96.6 Å². The summed E-state index contributed by atoms with van der Waals surface area (Å²) in [5.41, 5.74) is 0. The molecule has 1 aliphatic carbocycles. The third-order valence-corrected chi connectivity index (χ3v) is 3.22. The Morgan fingerprint density at radius 2 is 2.00 bits per heavy atom. The molecule has 6 nitrogen and oxygen atoms in total. The number of hydrogen-bond donors (Lipinski definition) is 1. The number of hydrogen-bond acceptors (Lipinski definition) is 5. The highest BCUT2D eigenvalue weighted by Crippen LogP contribution is 2.25. The largest absolute Gasteiger partial charge is 0.481 e. The van der Waals surface area contributed by atoms with Crippen LogP contribution >= 0.6 is 0 Å². The predicted octanol–water partition coefficient (Wildman–Crippen LogP) is 1.35. The van der Waals surface area contributed by atoms with Gasteiger partial charge in [0, 0.05) is 5.92 Å². The van der Waals surface area contributed by atoms with Crippen molar-refractivity contribution in [1.82, 2.24) is 0 Å². The van der Waals surface area contributed by atoms with Gasteiger partial charge in [0.25, 0.3) is 0 Å². The molecule has 6 heteroatoms. The van der Waals surface area contributed by atoms with Crippen molar-refractivity contribution in [2.75, 3.05) is 13.2 Å². The summed E-state index contributed by atoms with van der Waals surface area (Å²) in [6.07, 6.45) is 2.91. The number of esters is 1. The van der Waals surface area contributed by atoms with Gasteiger partial charge in [-0.15, -0.1) is 0 Å². The summed E-state index contributed by atoms with van der Waals surface area (Å²) >= 11 is 0. The van der Waals surface area contributed by atoms with Crippen LogP contribution in [-0.4, -0.2) is 36.4 Å². The van der Waals surface area contributed by atoms with Gasteiger partial charge < -0.3 is 14.6 Å². The van der Waals surface area contributed by atoms with Crippen LogP contribution in [0, 0.1) is 23.2 Å². The molecule has 0 amide bonds. The number of carbonyl (C=O) groups excluding carboxylic acids is 1. The molecule has 1 aliphatic rings. The van der Waals surface area contributed by atoms with E-state index in [1.165, 1.54) is 0 Å². The molecular weight excluding hydrogens is 250 g/mol. The van der Waals surface area contributed by atoms with Crippen molar-refractivity contribution in [1.29, 1.82) is 5.26 Å². The summed E-state index contributed by atoms with van der Waals surface area (Å²) in [4.78, 5) is 22.4. The number of nitrogens with zero attached hydrogens (tertiary/aromatic N) is 1. The Labute approximate surface area is 112 Å². The van der Waals surface area contributed by atoms with Gasteiger partial charge >= 0.3 is 11.9 Å². The average Bonchev–Trinajstić information content (AvgIpc) is 2.39. The molecule has 0 aromatic rings. The Morgan fingerprint density at radius 1 is 1.37 bits per heavy atom. The number of rotatable bonds is 6. The maximum absolute atomic E-state index is 11.4. The number of ether oxygens (including phenoxy) is 2. The second kappa shape index (κ2) is 7.74. The average molecular weight is 269 g/mol. The molecule has 0 radical (unpaired) electrons. The maximum Gasteiger partial charge on any atom is 0.322 e. The lowest BCUT2D eigenvalue weighted by atomic mass is 9.88. The fraction of sp³-hybridized carbons (Fsp3) is 0.769. The van der Waals surface area contributed by atoms with E-state index in [4.69, 9.17) is 19.8 Å². The molecule has 0 aromatic carbocycles. The number of carbonyl (C=O) groups is 2.